The van der Waals surface area contributed by atoms with E-state index in [1.165, 1.54) is 33.1 Å². The lowest BCUT2D eigenvalue weighted by Crippen LogP contribution is -1.93. The summed E-state index contributed by atoms with van der Waals surface area (Å²) in [5.41, 5.74) is 5.94. The van der Waals surface area contributed by atoms with Gasteiger partial charge in [0.1, 0.15) is 0 Å². The third-order valence-electron chi connectivity index (χ3n) is 4.20. The van der Waals surface area contributed by atoms with Gasteiger partial charge in [-0.05, 0) is 36.8 Å². The monoisotopic (exact) mass is 283 g/mol. The van der Waals surface area contributed by atoms with Crippen molar-refractivity contribution in [1.82, 2.24) is 4.57 Å². The van der Waals surface area contributed by atoms with Crippen LogP contribution in [0.15, 0.2) is 79.4 Å². The highest BCUT2D eigenvalue weighted by atomic mass is 15.0. The third kappa shape index (κ3) is 1.86. The van der Waals surface area contributed by atoms with E-state index in [0.29, 0.717) is 0 Å². The van der Waals surface area contributed by atoms with Crippen LogP contribution in [0, 0.1) is 0 Å². The van der Waals surface area contributed by atoms with Crippen molar-refractivity contribution < 1.29 is 0 Å². The molecule has 0 aliphatic heterocycles. The fourth-order valence-corrected chi connectivity index (χ4v) is 3.10. The number of fused-ring (bicyclic) bond motifs is 3. The third-order valence-corrected chi connectivity index (χ3v) is 4.20. The maximum Gasteiger partial charge on any atom is 0.0541 e. The molecule has 0 fully saturated rings. The Bertz CT molecular complexity index is 934. The maximum atomic E-state index is 4.01. The van der Waals surface area contributed by atoms with E-state index in [-0.39, 0.29) is 0 Å². The van der Waals surface area contributed by atoms with Gasteiger partial charge in [-0.3, -0.25) is 0 Å². The first-order chi connectivity index (χ1) is 10.8. The summed E-state index contributed by atoms with van der Waals surface area (Å²) in [7, 11) is 0. The molecule has 1 heteroatoms. The van der Waals surface area contributed by atoms with Crippen molar-refractivity contribution >= 4 is 27.4 Å². The summed E-state index contributed by atoms with van der Waals surface area (Å²) in [5.74, 6) is 0. The fourth-order valence-electron chi connectivity index (χ4n) is 3.10. The number of allylic oxidation sites excluding steroid dienone is 1. The zero-order chi connectivity index (χ0) is 15.1. The van der Waals surface area contributed by atoms with E-state index in [0.717, 1.165) is 5.57 Å². The van der Waals surface area contributed by atoms with Crippen molar-refractivity contribution in [1.29, 1.82) is 0 Å². The van der Waals surface area contributed by atoms with Gasteiger partial charge in [0, 0.05) is 16.5 Å². The van der Waals surface area contributed by atoms with Crippen LogP contribution in [0.4, 0.5) is 0 Å². The molecule has 0 saturated carbocycles. The molecule has 3 aromatic carbocycles. The van der Waals surface area contributed by atoms with Crippen LogP contribution in [-0.4, -0.2) is 4.57 Å². The SMILES string of the molecule is C=C(C)c1ccc(-n2c3ccccc3c3ccccc32)cc1. The minimum atomic E-state index is 1.09. The minimum Gasteiger partial charge on any atom is -0.309 e. The standard InChI is InChI=1S/C21H17N/c1-15(2)16-11-13-17(14-12-16)22-20-9-5-3-7-18(20)19-8-4-6-10-21(19)22/h3-14H,1H2,2H3. The smallest absolute Gasteiger partial charge is 0.0541 e. The van der Waals surface area contributed by atoms with E-state index in [1.54, 1.807) is 0 Å². The first-order valence-corrected chi connectivity index (χ1v) is 7.50. The molecule has 0 aliphatic rings. The van der Waals surface area contributed by atoms with Crippen molar-refractivity contribution in [3.8, 4) is 5.69 Å². The first kappa shape index (κ1) is 12.9. The number of nitrogens with zero attached hydrogens (tertiary/aromatic N) is 1. The van der Waals surface area contributed by atoms with E-state index in [2.05, 4.69) is 83.9 Å². The summed E-state index contributed by atoms with van der Waals surface area (Å²) in [5, 5.41) is 2.59. The van der Waals surface area contributed by atoms with Crippen LogP contribution in [0.1, 0.15) is 12.5 Å². The molecule has 4 aromatic rings. The predicted molar refractivity (Wildman–Crippen MR) is 95.5 cm³/mol. The molecule has 0 bridgehead atoms. The number of rotatable bonds is 2. The van der Waals surface area contributed by atoms with Crippen LogP contribution in [0.5, 0.6) is 0 Å². The van der Waals surface area contributed by atoms with Gasteiger partial charge in [-0.2, -0.15) is 0 Å². The molecule has 1 aromatic heterocycles. The molecule has 0 saturated heterocycles. The highest BCUT2D eigenvalue weighted by Crippen LogP contribution is 2.31. The second kappa shape index (κ2) is 4.88. The van der Waals surface area contributed by atoms with Gasteiger partial charge in [-0.15, -0.1) is 0 Å². The summed E-state index contributed by atoms with van der Waals surface area (Å²) in [6.45, 7) is 6.05. The van der Waals surface area contributed by atoms with Gasteiger partial charge >= 0.3 is 0 Å². The van der Waals surface area contributed by atoms with Crippen molar-refractivity contribution in [2.75, 3.05) is 0 Å². The summed E-state index contributed by atoms with van der Waals surface area (Å²) in [6, 6.07) is 25.8. The van der Waals surface area contributed by atoms with Crippen LogP contribution >= 0.6 is 0 Å². The molecular formula is C21H17N. The Hall–Kier alpha value is -2.80. The molecular weight excluding hydrogens is 266 g/mol. The Morgan fingerprint density at radius 1 is 0.727 bits per heavy atom. The molecule has 1 nitrogen and oxygen atoms in total. The van der Waals surface area contributed by atoms with Crippen molar-refractivity contribution in [2.24, 2.45) is 0 Å². The van der Waals surface area contributed by atoms with Gasteiger partial charge in [-0.25, -0.2) is 0 Å². The number of hydrogen-bond donors (Lipinski definition) is 0. The second-order valence-corrected chi connectivity index (χ2v) is 5.70. The van der Waals surface area contributed by atoms with Crippen LogP contribution < -0.4 is 0 Å². The van der Waals surface area contributed by atoms with Gasteiger partial charge in [0.05, 0.1) is 11.0 Å². The lowest BCUT2D eigenvalue weighted by Gasteiger charge is -2.09. The van der Waals surface area contributed by atoms with Crippen molar-refractivity contribution in [3.63, 3.8) is 0 Å². The zero-order valence-electron chi connectivity index (χ0n) is 12.6. The summed E-state index contributed by atoms with van der Waals surface area (Å²) < 4.78 is 2.33. The van der Waals surface area contributed by atoms with Gasteiger partial charge in [0.2, 0.25) is 0 Å². The Morgan fingerprint density at radius 3 is 1.73 bits per heavy atom. The second-order valence-electron chi connectivity index (χ2n) is 5.70. The summed E-state index contributed by atoms with van der Waals surface area (Å²) >= 11 is 0. The largest absolute Gasteiger partial charge is 0.309 e. The molecule has 0 radical (unpaired) electrons. The van der Waals surface area contributed by atoms with Gasteiger partial charge in [-0.1, -0.05) is 60.7 Å². The lowest BCUT2D eigenvalue weighted by atomic mass is 10.1. The van der Waals surface area contributed by atoms with Gasteiger partial charge in [0.25, 0.3) is 0 Å². The van der Waals surface area contributed by atoms with Crippen LogP contribution in [0.3, 0.4) is 0 Å². The first-order valence-electron chi connectivity index (χ1n) is 7.50. The number of benzene rings is 3. The highest BCUT2D eigenvalue weighted by Gasteiger charge is 2.10. The summed E-state index contributed by atoms with van der Waals surface area (Å²) in [6.07, 6.45) is 0. The number of hydrogen-bond acceptors (Lipinski definition) is 0. The van der Waals surface area contributed by atoms with Crippen LogP contribution in [0.2, 0.25) is 0 Å². The normalized spacial score (nSPS) is 11.1. The Labute approximate surface area is 130 Å². The molecule has 1 heterocycles. The topological polar surface area (TPSA) is 4.93 Å². The zero-order valence-corrected chi connectivity index (χ0v) is 12.6. The van der Waals surface area contributed by atoms with Crippen LogP contribution in [0.25, 0.3) is 33.1 Å². The molecule has 0 N–H and O–H groups in total. The molecule has 0 unspecified atom stereocenters. The fraction of sp³-hybridized carbons (Fsp3) is 0.0476. The van der Waals surface area contributed by atoms with E-state index in [9.17, 15) is 0 Å². The quantitative estimate of drug-likeness (QED) is 0.437. The molecule has 22 heavy (non-hydrogen) atoms. The van der Waals surface area contributed by atoms with Crippen molar-refractivity contribution in [2.45, 2.75) is 6.92 Å². The summed E-state index contributed by atoms with van der Waals surface area (Å²) in [4.78, 5) is 0. The van der Waals surface area contributed by atoms with E-state index >= 15 is 0 Å². The Morgan fingerprint density at radius 2 is 1.23 bits per heavy atom. The number of para-hydroxylation sites is 2. The van der Waals surface area contributed by atoms with Crippen LogP contribution in [-0.2, 0) is 0 Å². The van der Waals surface area contributed by atoms with E-state index in [1.807, 2.05) is 6.92 Å². The number of aromatic nitrogens is 1. The predicted octanol–water partition coefficient (Wildman–Crippen LogP) is 5.82. The lowest BCUT2D eigenvalue weighted by molar-refractivity contribution is 1.18. The van der Waals surface area contributed by atoms with E-state index in [4.69, 9.17) is 0 Å². The minimum absolute atomic E-state index is 1.09. The molecule has 0 amide bonds. The van der Waals surface area contributed by atoms with E-state index < -0.39 is 0 Å². The van der Waals surface area contributed by atoms with Gasteiger partial charge < -0.3 is 4.57 Å². The molecule has 0 atom stereocenters. The maximum absolute atomic E-state index is 4.01. The average molecular weight is 283 g/mol. The van der Waals surface area contributed by atoms with Gasteiger partial charge in [0.15, 0.2) is 0 Å². The van der Waals surface area contributed by atoms with Crippen molar-refractivity contribution in [3.05, 3.63) is 84.9 Å². The average Bonchev–Trinajstić information content (AvgIpc) is 2.89. The molecule has 4 rings (SSSR count). The molecule has 0 aliphatic carbocycles. The highest BCUT2D eigenvalue weighted by molar-refractivity contribution is 6.09. The Kier molecular flexibility index (Phi) is 2.87. The molecule has 106 valence electrons. The Balaban J connectivity index is 2.06. The molecule has 0 spiro atoms.